The molecular weight excluding hydrogens is 224 g/mol. The van der Waals surface area contributed by atoms with E-state index < -0.39 is 0 Å². The quantitative estimate of drug-likeness (QED) is 0.537. The van der Waals surface area contributed by atoms with Crippen LogP contribution in [-0.4, -0.2) is 32.8 Å². The van der Waals surface area contributed by atoms with Crippen LogP contribution in [-0.2, 0) is 0 Å². The zero-order chi connectivity index (χ0) is 13.2. The Kier molecular flexibility index (Phi) is 6.96. The molecule has 0 aliphatic carbocycles. The first-order valence-electron chi connectivity index (χ1n) is 6.61. The predicted molar refractivity (Wildman–Crippen MR) is 78.6 cm³/mol. The van der Waals surface area contributed by atoms with Crippen LogP contribution in [0.15, 0.2) is 36.9 Å². The molecule has 0 aliphatic rings. The van der Waals surface area contributed by atoms with E-state index in [1.54, 1.807) is 0 Å². The minimum Gasteiger partial charge on any atom is -0.492 e. The van der Waals surface area contributed by atoms with Crippen molar-refractivity contribution < 1.29 is 4.74 Å². The number of hydrogen-bond acceptors (Lipinski definition) is 3. The minimum atomic E-state index is 0.676. The van der Waals surface area contributed by atoms with Crippen molar-refractivity contribution in [3.05, 3.63) is 36.9 Å². The molecule has 0 heterocycles. The second-order valence-electron chi connectivity index (χ2n) is 4.01. The molecule has 3 nitrogen and oxygen atoms in total. The van der Waals surface area contributed by atoms with E-state index in [9.17, 15) is 0 Å². The topological polar surface area (TPSA) is 24.5 Å². The van der Waals surface area contributed by atoms with E-state index in [0.29, 0.717) is 6.61 Å². The Morgan fingerprint density at radius 2 is 2.11 bits per heavy atom. The van der Waals surface area contributed by atoms with E-state index in [1.165, 1.54) is 5.69 Å². The third kappa shape index (κ3) is 4.80. The smallest absolute Gasteiger partial charge is 0.121 e. The fourth-order valence-corrected chi connectivity index (χ4v) is 1.80. The van der Waals surface area contributed by atoms with Crippen LogP contribution in [0.25, 0.3) is 0 Å². The number of nitrogens with one attached hydrogen (secondary N) is 1. The summed E-state index contributed by atoms with van der Waals surface area (Å²) in [5.41, 5.74) is 1.22. The SMILES string of the molecule is C=CCNCCOc1cccc(N(CC)CC)c1. The highest BCUT2D eigenvalue weighted by molar-refractivity contribution is 5.50. The van der Waals surface area contributed by atoms with E-state index in [2.05, 4.69) is 42.8 Å². The van der Waals surface area contributed by atoms with Crippen LogP contribution < -0.4 is 15.0 Å². The van der Waals surface area contributed by atoms with Crippen LogP contribution in [0.1, 0.15) is 13.8 Å². The number of benzene rings is 1. The van der Waals surface area contributed by atoms with Crippen molar-refractivity contribution in [2.75, 3.05) is 37.7 Å². The van der Waals surface area contributed by atoms with E-state index in [-0.39, 0.29) is 0 Å². The maximum absolute atomic E-state index is 5.71. The molecule has 0 aliphatic heterocycles. The molecular formula is C15H24N2O. The van der Waals surface area contributed by atoms with Crippen LogP contribution in [0.5, 0.6) is 5.75 Å². The molecule has 18 heavy (non-hydrogen) atoms. The zero-order valence-electron chi connectivity index (χ0n) is 11.5. The van der Waals surface area contributed by atoms with Gasteiger partial charge in [0.2, 0.25) is 0 Å². The van der Waals surface area contributed by atoms with E-state index in [1.807, 2.05) is 18.2 Å². The van der Waals surface area contributed by atoms with E-state index >= 15 is 0 Å². The maximum Gasteiger partial charge on any atom is 0.121 e. The summed E-state index contributed by atoms with van der Waals surface area (Å²) in [6.07, 6.45) is 1.85. The molecule has 100 valence electrons. The molecule has 0 saturated heterocycles. The van der Waals surface area contributed by atoms with E-state index in [0.717, 1.165) is 31.9 Å². The lowest BCUT2D eigenvalue weighted by Gasteiger charge is -2.21. The molecule has 0 atom stereocenters. The molecule has 0 unspecified atom stereocenters. The van der Waals surface area contributed by atoms with Gasteiger partial charge in [0.15, 0.2) is 0 Å². The lowest BCUT2D eigenvalue weighted by molar-refractivity contribution is 0.316. The van der Waals surface area contributed by atoms with E-state index in [4.69, 9.17) is 4.74 Å². The monoisotopic (exact) mass is 248 g/mol. The van der Waals surface area contributed by atoms with Crippen molar-refractivity contribution in [2.45, 2.75) is 13.8 Å². The Hall–Kier alpha value is -1.48. The summed E-state index contributed by atoms with van der Waals surface area (Å²) >= 11 is 0. The molecule has 3 heteroatoms. The minimum absolute atomic E-state index is 0.676. The molecule has 0 bridgehead atoms. The van der Waals surface area contributed by atoms with Gasteiger partial charge in [0.1, 0.15) is 12.4 Å². The first-order chi connectivity index (χ1) is 8.81. The molecule has 1 aromatic carbocycles. The maximum atomic E-state index is 5.71. The molecule has 1 aromatic rings. The van der Waals surface area contributed by atoms with Crippen molar-refractivity contribution in [1.82, 2.24) is 5.32 Å². The highest BCUT2D eigenvalue weighted by Gasteiger charge is 2.02. The summed E-state index contributed by atoms with van der Waals surface area (Å²) in [5, 5.41) is 3.21. The Bertz CT molecular complexity index is 348. The van der Waals surface area contributed by atoms with Gasteiger partial charge in [-0.05, 0) is 26.0 Å². The van der Waals surface area contributed by atoms with Crippen LogP contribution in [0.4, 0.5) is 5.69 Å². The molecule has 0 aromatic heterocycles. The average Bonchev–Trinajstić information content (AvgIpc) is 2.40. The van der Waals surface area contributed by atoms with Crippen molar-refractivity contribution in [2.24, 2.45) is 0 Å². The average molecular weight is 248 g/mol. The molecule has 0 spiro atoms. The molecule has 1 N–H and O–H groups in total. The van der Waals surface area contributed by atoms with Crippen molar-refractivity contribution in [3.8, 4) is 5.75 Å². The van der Waals surface area contributed by atoms with Gasteiger partial charge in [-0.15, -0.1) is 6.58 Å². The molecule has 0 amide bonds. The van der Waals surface area contributed by atoms with Crippen LogP contribution in [0, 0.1) is 0 Å². The zero-order valence-corrected chi connectivity index (χ0v) is 11.5. The predicted octanol–water partition coefficient (Wildman–Crippen LogP) is 2.69. The van der Waals surface area contributed by atoms with Gasteiger partial charge < -0.3 is 15.0 Å². The largest absolute Gasteiger partial charge is 0.492 e. The van der Waals surface area contributed by atoms with Crippen LogP contribution >= 0.6 is 0 Å². The summed E-state index contributed by atoms with van der Waals surface area (Å²) in [6, 6.07) is 8.26. The van der Waals surface area contributed by atoms with Crippen LogP contribution in [0.3, 0.4) is 0 Å². The molecule has 1 rings (SSSR count). The van der Waals surface area contributed by atoms with Gasteiger partial charge in [-0.1, -0.05) is 12.1 Å². The number of hydrogen-bond donors (Lipinski definition) is 1. The summed E-state index contributed by atoms with van der Waals surface area (Å²) in [5.74, 6) is 0.930. The Morgan fingerprint density at radius 3 is 2.78 bits per heavy atom. The highest BCUT2D eigenvalue weighted by Crippen LogP contribution is 2.20. The van der Waals surface area contributed by atoms with Gasteiger partial charge in [0.25, 0.3) is 0 Å². The summed E-state index contributed by atoms with van der Waals surface area (Å²) in [6.45, 7) is 12.3. The molecule has 0 saturated carbocycles. The lowest BCUT2D eigenvalue weighted by Crippen LogP contribution is -2.22. The van der Waals surface area contributed by atoms with Crippen molar-refractivity contribution >= 4 is 5.69 Å². The normalized spacial score (nSPS) is 10.1. The Morgan fingerprint density at radius 1 is 1.33 bits per heavy atom. The third-order valence-corrected chi connectivity index (χ3v) is 2.78. The number of rotatable bonds is 9. The standard InChI is InChI=1S/C15H24N2O/c1-4-10-16-11-12-18-15-9-7-8-14(13-15)17(5-2)6-3/h4,7-9,13,16H,1,5-6,10-12H2,2-3H3. The van der Waals surface area contributed by atoms with Gasteiger partial charge in [-0.2, -0.15) is 0 Å². The first-order valence-corrected chi connectivity index (χ1v) is 6.61. The summed E-state index contributed by atoms with van der Waals surface area (Å²) < 4.78 is 5.71. The van der Waals surface area contributed by atoms with Gasteiger partial charge in [-0.25, -0.2) is 0 Å². The van der Waals surface area contributed by atoms with Gasteiger partial charge in [0.05, 0.1) is 0 Å². The van der Waals surface area contributed by atoms with Crippen molar-refractivity contribution in [3.63, 3.8) is 0 Å². The number of nitrogens with zero attached hydrogens (tertiary/aromatic N) is 1. The van der Waals surface area contributed by atoms with Gasteiger partial charge in [-0.3, -0.25) is 0 Å². The lowest BCUT2D eigenvalue weighted by atomic mass is 10.2. The van der Waals surface area contributed by atoms with Crippen molar-refractivity contribution in [1.29, 1.82) is 0 Å². The second kappa shape index (κ2) is 8.59. The summed E-state index contributed by atoms with van der Waals surface area (Å²) in [4.78, 5) is 2.31. The number of ether oxygens (including phenoxy) is 1. The Balaban J connectivity index is 2.46. The Labute approximate surface area is 110 Å². The number of anilines is 1. The fourth-order valence-electron chi connectivity index (χ4n) is 1.80. The first kappa shape index (κ1) is 14.6. The third-order valence-electron chi connectivity index (χ3n) is 2.78. The highest BCUT2D eigenvalue weighted by atomic mass is 16.5. The van der Waals surface area contributed by atoms with Gasteiger partial charge >= 0.3 is 0 Å². The molecule has 0 radical (unpaired) electrons. The second-order valence-corrected chi connectivity index (χ2v) is 4.01. The fraction of sp³-hybridized carbons (Fsp3) is 0.467. The van der Waals surface area contributed by atoms with Gasteiger partial charge in [0, 0.05) is 37.9 Å². The molecule has 0 fully saturated rings. The van der Waals surface area contributed by atoms with Crippen LogP contribution in [0.2, 0.25) is 0 Å². The summed E-state index contributed by atoms with van der Waals surface area (Å²) in [7, 11) is 0.